The molecule has 1 N–H and O–H groups in total. The summed E-state index contributed by atoms with van der Waals surface area (Å²) in [6.45, 7) is 3.76. The van der Waals surface area contributed by atoms with Crippen LogP contribution in [0.15, 0.2) is 12.2 Å². The molecule has 7 heteroatoms. The smallest absolute Gasteiger partial charge is 0.246 e. The Labute approximate surface area is 99.1 Å². The van der Waals surface area contributed by atoms with Crippen molar-refractivity contribution in [3.8, 4) is 0 Å². The van der Waals surface area contributed by atoms with Crippen molar-refractivity contribution in [1.82, 2.24) is 5.32 Å². The van der Waals surface area contributed by atoms with Crippen molar-refractivity contribution >= 4 is 5.91 Å². The maximum atomic E-state index is 13.2. The number of hydrogen-bond acceptors (Lipinski definition) is 1. The molecule has 0 radical (unpaired) electrons. The van der Waals surface area contributed by atoms with E-state index in [0.717, 1.165) is 0 Å². The molecule has 0 saturated heterocycles. The summed E-state index contributed by atoms with van der Waals surface area (Å²) in [5.74, 6) is -11.0. The molecule has 0 aromatic heterocycles. The molecule has 0 saturated carbocycles. The van der Waals surface area contributed by atoms with Gasteiger partial charge in [0.2, 0.25) is 11.7 Å². The first-order valence-electron chi connectivity index (χ1n) is 4.71. The molecule has 0 heterocycles. The predicted octanol–water partition coefficient (Wildman–Crippen LogP) is 2.57. The lowest BCUT2D eigenvalue weighted by atomic mass is 10.1. The Hall–Kier alpha value is -1.92. The second kappa shape index (κ2) is 5.16. The van der Waals surface area contributed by atoms with Gasteiger partial charge in [-0.25, -0.2) is 22.0 Å². The summed E-state index contributed by atoms with van der Waals surface area (Å²) in [7, 11) is 0. The fourth-order valence-corrected chi connectivity index (χ4v) is 1.13. The van der Waals surface area contributed by atoms with Crippen LogP contribution in [0.4, 0.5) is 22.0 Å². The summed E-state index contributed by atoms with van der Waals surface area (Å²) >= 11 is 0. The van der Waals surface area contributed by atoms with Gasteiger partial charge in [0.05, 0.1) is 0 Å². The van der Waals surface area contributed by atoms with Crippen molar-refractivity contribution in [2.75, 3.05) is 0 Å². The van der Waals surface area contributed by atoms with E-state index in [1.165, 1.54) is 6.92 Å². The largest absolute Gasteiger partial charge is 0.348 e. The molecule has 2 nitrogen and oxygen atoms in total. The van der Waals surface area contributed by atoms with E-state index in [9.17, 15) is 26.7 Å². The number of benzene rings is 1. The summed E-state index contributed by atoms with van der Waals surface area (Å²) in [5, 5.41) is 1.98. The van der Waals surface area contributed by atoms with Gasteiger partial charge in [-0.2, -0.15) is 0 Å². The van der Waals surface area contributed by atoms with Gasteiger partial charge in [-0.1, -0.05) is 6.58 Å². The van der Waals surface area contributed by atoms with Gasteiger partial charge in [0.25, 0.3) is 0 Å². The van der Waals surface area contributed by atoms with Crippen LogP contribution in [0.3, 0.4) is 0 Å². The van der Waals surface area contributed by atoms with E-state index in [-0.39, 0.29) is 5.57 Å². The maximum absolute atomic E-state index is 13.2. The van der Waals surface area contributed by atoms with E-state index in [2.05, 4.69) is 6.58 Å². The van der Waals surface area contributed by atoms with Crippen LogP contribution in [0.5, 0.6) is 0 Å². The Bertz CT molecular complexity index is 498. The quantitative estimate of drug-likeness (QED) is 0.387. The highest BCUT2D eigenvalue weighted by Crippen LogP contribution is 2.22. The lowest BCUT2D eigenvalue weighted by Gasteiger charge is -2.09. The van der Waals surface area contributed by atoms with Crippen molar-refractivity contribution < 1.29 is 26.7 Å². The van der Waals surface area contributed by atoms with E-state index >= 15 is 0 Å². The lowest BCUT2D eigenvalue weighted by Crippen LogP contribution is -2.25. The first-order chi connectivity index (χ1) is 8.27. The lowest BCUT2D eigenvalue weighted by molar-refractivity contribution is -0.117. The number of carbonyl (C=O) groups is 1. The van der Waals surface area contributed by atoms with Gasteiger partial charge in [0, 0.05) is 17.7 Å². The molecule has 0 atom stereocenters. The van der Waals surface area contributed by atoms with E-state index < -0.39 is 47.1 Å². The molecule has 0 aliphatic carbocycles. The number of hydrogen-bond donors (Lipinski definition) is 1. The highest BCUT2D eigenvalue weighted by molar-refractivity contribution is 5.91. The standard InChI is InChI=1S/C11H8F5NO/c1-4(2)11(18)17-3-5-6(12)8(14)10(16)9(15)7(5)13/h1,3H2,2H3,(H,17,18). The van der Waals surface area contributed by atoms with Crippen molar-refractivity contribution in [3.05, 3.63) is 46.8 Å². The van der Waals surface area contributed by atoms with Crippen LogP contribution in [0.25, 0.3) is 0 Å². The molecule has 98 valence electrons. The zero-order valence-corrected chi connectivity index (χ0v) is 9.21. The van der Waals surface area contributed by atoms with Gasteiger partial charge < -0.3 is 5.32 Å². The minimum absolute atomic E-state index is 0.0406. The van der Waals surface area contributed by atoms with Gasteiger partial charge >= 0.3 is 0 Å². The molecule has 1 aromatic rings. The van der Waals surface area contributed by atoms with Gasteiger partial charge in [0.1, 0.15) is 0 Å². The topological polar surface area (TPSA) is 29.1 Å². The van der Waals surface area contributed by atoms with E-state index in [1.54, 1.807) is 0 Å². The highest BCUT2D eigenvalue weighted by Gasteiger charge is 2.25. The number of carbonyl (C=O) groups excluding carboxylic acids is 1. The molecular formula is C11H8F5NO. The monoisotopic (exact) mass is 265 g/mol. The Morgan fingerprint density at radius 1 is 1.00 bits per heavy atom. The van der Waals surface area contributed by atoms with Gasteiger partial charge in [-0.3, -0.25) is 4.79 Å². The molecular weight excluding hydrogens is 257 g/mol. The average Bonchev–Trinajstić information content (AvgIpc) is 2.33. The summed E-state index contributed by atoms with van der Waals surface area (Å²) in [5.41, 5.74) is -1.06. The third-order valence-corrected chi connectivity index (χ3v) is 2.11. The third-order valence-electron chi connectivity index (χ3n) is 2.11. The Kier molecular flexibility index (Phi) is 4.05. The van der Waals surface area contributed by atoms with E-state index in [1.807, 2.05) is 5.32 Å². The molecule has 1 rings (SSSR count). The van der Waals surface area contributed by atoms with Crippen LogP contribution in [0.1, 0.15) is 12.5 Å². The van der Waals surface area contributed by atoms with Gasteiger partial charge in [-0.05, 0) is 6.92 Å². The fourth-order valence-electron chi connectivity index (χ4n) is 1.13. The molecule has 18 heavy (non-hydrogen) atoms. The fraction of sp³-hybridized carbons (Fsp3) is 0.182. The first kappa shape index (κ1) is 14.1. The number of halogens is 5. The van der Waals surface area contributed by atoms with Crippen molar-refractivity contribution in [2.45, 2.75) is 13.5 Å². The molecule has 0 aliphatic heterocycles. The van der Waals surface area contributed by atoms with Crippen molar-refractivity contribution in [1.29, 1.82) is 0 Å². The van der Waals surface area contributed by atoms with Crippen LogP contribution >= 0.6 is 0 Å². The van der Waals surface area contributed by atoms with Gasteiger partial charge in [0.15, 0.2) is 23.3 Å². The van der Waals surface area contributed by atoms with Crippen LogP contribution < -0.4 is 5.32 Å². The Morgan fingerprint density at radius 2 is 1.39 bits per heavy atom. The number of rotatable bonds is 3. The molecule has 0 bridgehead atoms. The molecule has 0 spiro atoms. The second-order valence-corrected chi connectivity index (χ2v) is 3.51. The highest BCUT2D eigenvalue weighted by atomic mass is 19.2. The zero-order valence-electron chi connectivity index (χ0n) is 9.21. The predicted molar refractivity (Wildman–Crippen MR) is 52.9 cm³/mol. The maximum Gasteiger partial charge on any atom is 0.246 e. The summed E-state index contributed by atoms with van der Waals surface area (Å²) in [6, 6.07) is 0. The zero-order chi connectivity index (χ0) is 14.0. The molecule has 0 aliphatic rings. The Balaban J connectivity index is 3.11. The number of nitrogens with one attached hydrogen (secondary N) is 1. The SMILES string of the molecule is C=C(C)C(=O)NCc1c(F)c(F)c(F)c(F)c1F. The van der Waals surface area contributed by atoms with Crippen molar-refractivity contribution in [3.63, 3.8) is 0 Å². The van der Waals surface area contributed by atoms with Gasteiger partial charge in [-0.15, -0.1) is 0 Å². The molecule has 1 amide bonds. The minimum atomic E-state index is -2.24. The average molecular weight is 265 g/mol. The second-order valence-electron chi connectivity index (χ2n) is 3.51. The van der Waals surface area contributed by atoms with Crippen molar-refractivity contribution in [2.24, 2.45) is 0 Å². The van der Waals surface area contributed by atoms with Crippen LogP contribution in [0, 0.1) is 29.1 Å². The summed E-state index contributed by atoms with van der Waals surface area (Å²) in [6.07, 6.45) is 0. The van der Waals surface area contributed by atoms with E-state index in [0.29, 0.717) is 0 Å². The van der Waals surface area contributed by atoms with Crippen LogP contribution in [-0.2, 0) is 11.3 Å². The van der Waals surface area contributed by atoms with E-state index in [4.69, 9.17) is 0 Å². The Morgan fingerprint density at radius 3 is 1.78 bits per heavy atom. The third kappa shape index (κ3) is 2.49. The minimum Gasteiger partial charge on any atom is -0.348 e. The summed E-state index contributed by atoms with van der Waals surface area (Å²) < 4.78 is 64.6. The molecule has 1 aromatic carbocycles. The molecule has 0 fully saturated rings. The van der Waals surface area contributed by atoms with Crippen LogP contribution in [0.2, 0.25) is 0 Å². The summed E-state index contributed by atoms with van der Waals surface area (Å²) in [4.78, 5) is 11.1. The first-order valence-corrected chi connectivity index (χ1v) is 4.71. The molecule has 0 unspecified atom stereocenters. The normalized spacial score (nSPS) is 10.3. The van der Waals surface area contributed by atoms with Crippen LogP contribution in [-0.4, -0.2) is 5.91 Å². The number of amides is 1.